The van der Waals surface area contributed by atoms with Gasteiger partial charge in [0.25, 0.3) is 5.91 Å². The van der Waals surface area contributed by atoms with Crippen molar-refractivity contribution in [2.45, 2.75) is 47.0 Å². The highest BCUT2D eigenvalue weighted by molar-refractivity contribution is 7.13. The minimum absolute atomic E-state index is 0.00177. The van der Waals surface area contributed by atoms with E-state index in [0.29, 0.717) is 6.54 Å². The first-order chi connectivity index (χ1) is 10.0. The van der Waals surface area contributed by atoms with Crippen LogP contribution in [0.1, 0.15) is 50.7 Å². The van der Waals surface area contributed by atoms with Gasteiger partial charge in [-0.1, -0.05) is 6.92 Å². The molecule has 5 nitrogen and oxygen atoms in total. The van der Waals surface area contributed by atoms with E-state index < -0.39 is 0 Å². The normalized spacial score (nSPS) is 10.9. The largest absolute Gasteiger partial charge is 0.351 e. The first-order valence-corrected chi connectivity index (χ1v) is 8.09. The molecule has 2 aromatic heterocycles. The standard InChI is InChI=1S/C15H22N4OS/c1-5-13-14(21-11(4)17-13)15(20)16-8-6-7-12-9(2)18-19-10(12)3/h5-8H2,1-4H3,(H,16,20)(H,18,19). The van der Waals surface area contributed by atoms with Crippen LogP contribution in [0.3, 0.4) is 0 Å². The van der Waals surface area contributed by atoms with Crippen LogP contribution in [0.5, 0.6) is 0 Å². The van der Waals surface area contributed by atoms with Crippen molar-refractivity contribution in [1.29, 1.82) is 0 Å². The summed E-state index contributed by atoms with van der Waals surface area (Å²) in [5.41, 5.74) is 4.32. The highest BCUT2D eigenvalue weighted by Gasteiger charge is 2.15. The number of carbonyl (C=O) groups is 1. The molecule has 0 aliphatic rings. The molecule has 0 aliphatic carbocycles. The van der Waals surface area contributed by atoms with Crippen molar-refractivity contribution in [3.05, 3.63) is 32.5 Å². The zero-order valence-electron chi connectivity index (χ0n) is 13.0. The molecule has 6 heteroatoms. The van der Waals surface area contributed by atoms with Gasteiger partial charge in [0.05, 0.1) is 16.4 Å². The highest BCUT2D eigenvalue weighted by Crippen LogP contribution is 2.18. The maximum Gasteiger partial charge on any atom is 0.263 e. The third-order valence-corrected chi connectivity index (χ3v) is 4.53. The van der Waals surface area contributed by atoms with Gasteiger partial charge in [-0.05, 0) is 45.6 Å². The van der Waals surface area contributed by atoms with Gasteiger partial charge < -0.3 is 5.32 Å². The van der Waals surface area contributed by atoms with Crippen LogP contribution in [0.2, 0.25) is 0 Å². The Morgan fingerprint density at radius 1 is 1.33 bits per heavy atom. The van der Waals surface area contributed by atoms with E-state index in [1.54, 1.807) is 0 Å². The highest BCUT2D eigenvalue weighted by atomic mass is 32.1. The molecule has 1 amide bonds. The molecule has 0 saturated carbocycles. The van der Waals surface area contributed by atoms with Gasteiger partial charge in [0.1, 0.15) is 4.88 Å². The number of thiazole rings is 1. The zero-order chi connectivity index (χ0) is 15.4. The van der Waals surface area contributed by atoms with E-state index in [9.17, 15) is 4.79 Å². The number of hydrogen-bond acceptors (Lipinski definition) is 4. The number of hydrogen-bond donors (Lipinski definition) is 2. The number of aromatic amines is 1. The topological polar surface area (TPSA) is 70.7 Å². The summed E-state index contributed by atoms with van der Waals surface area (Å²) in [5, 5.41) is 11.1. The number of rotatable bonds is 6. The van der Waals surface area contributed by atoms with Crippen molar-refractivity contribution in [2.75, 3.05) is 6.54 Å². The SMILES string of the molecule is CCc1nc(C)sc1C(=O)NCCCc1c(C)n[nH]c1C. The van der Waals surface area contributed by atoms with Crippen LogP contribution >= 0.6 is 11.3 Å². The third-order valence-electron chi connectivity index (χ3n) is 3.52. The molecule has 2 aromatic rings. The van der Waals surface area contributed by atoms with E-state index >= 15 is 0 Å². The molecule has 2 rings (SSSR count). The Balaban J connectivity index is 1.85. The second-order valence-corrected chi connectivity index (χ2v) is 6.34. The van der Waals surface area contributed by atoms with Crippen molar-refractivity contribution in [2.24, 2.45) is 0 Å². The second-order valence-electron chi connectivity index (χ2n) is 5.13. The molecule has 0 atom stereocenters. The fourth-order valence-corrected chi connectivity index (χ4v) is 3.30. The van der Waals surface area contributed by atoms with Crippen molar-refractivity contribution < 1.29 is 4.79 Å². The van der Waals surface area contributed by atoms with E-state index in [1.807, 2.05) is 27.7 Å². The Bertz CT molecular complexity index is 610. The van der Waals surface area contributed by atoms with Crippen molar-refractivity contribution >= 4 is 17.2 Å². The van der Waals surface area contributed by atoms with E-state index in [2.05, 4.69) is 20.5 Å². The van der Waals surface area contributed by atoms with Gasteiger partial charge in [0.15, 0.2) is 0 Å². The van der Waals surface area contributed by atoms with Crippen LogP contribution in [0.25, 0.3) is 0 Å². The van der Waals surface area contributed by atoms with E-state index in [0.717, 1.165) is 46.2 Å². The van der Waals surface area contributed by atoms with Gasteiger partial charge in [-0.2, -0.15) is 5.10 Å². The molecule has 0 aromatic carbocycles. The number of aromatic nitrogens is 3. The minimum atomic E-state index is -0.00177. The van der Waals surface area contributed by atoms with Crippen LogP contribution in [0.4, 0.5) is 0 Å². The number of nitrogens with zero attached hydrogens (tertiary/aromatic N) is 2. The first kappa shape index (κ1) is 15.7. The van der Waals surface area contributed by atoms with Gasteiger partial charge in [0, 0.05) is 12.2 Å². The third kappa shape index (κ3) is 3.69. The van der Waals surface area contributed by atoms with Crippen molar-refractivity contribution in [3.63, 3.8) is 0 Å². The lowest BCUT2D eigenvalue weighted by atomic mass is 10.1. The summed E-state index contributed by atoms with van der Waals surface area (Å²) in [6.07, 6.45) is 2.63. The summed E-state index contributed by atoms with van der Waals surface area (Å²) in [4.78, 5) is 17.3. The van der Waals surface area contributed by atoms with Crippen LogP contribution in [0.15, 0.2) is 0 Å². The monoisotopic (exact) mass is 306 g/mol. The zero-order valence-corrected chi connectivity index (χ0v) is 13.9. The quantitative estimate of drug-likeness (QED) is 0.806. The maximum atomic E-state index is 12.2. The summed E-state index contributed by atoms with van der Waals surface area (Å²) in [5.74, 6) is -0.00177. The molecular formula is C15H22N4OS. The van der Waals surface area contributed by atoms with Crippen molar-refractivity contribution in [3.8, 4) is 0 Å². The van der Waals surface area contributed by atoms with Crippen molar-refractivity contribution in [1.82, 2.24) is 20.5 Å². The Labute approximate surface area is 129 Å². The van der Waals surface area contributed by atoms with E-state index in [-0.39, 0.29) is 5.91 Å². The van der Waals surface area contributed by atoms with E-state index in [4.69, 9.17) is 0 Å². The second kappa shape index (κ2) is 6.85. The molecule has 0 saturated heterocycles. The molecule has 0 aliphatic heterocycles. The molecule has 0 spiro atoms. The molecule has 0 radical (unpaired) electrons. The summed E-state index contributed by atoms with van der Waals surface area (Å²) in [6, 6.07) is 0. The average molecular weight is 306 g/mol. The summed E-state index contributed by atoms with van der Waals surface area (Å²) in [6.45, 7) is 8.66. The molecule has 21 heavy (non-hydrogen) atoms. The minimum Gasteiger partial charge on any atom is -0.351 e. The van der Waals surface area contributed by atoms with E-state index in [1.165, 1.54) is 16.9 Å². The van der Waals surface area contributed by atoms with Gasteiger partial charge in [-0.15, -0.1) is 11.3 Å². The number of nitrogens with one attached hydrogen (secondary N) is 2. The maximum absolute atomic E-state index is 12.2. The number of amides is 1. The van der Waals surface area contributed by atoms with Gasteiger partial charge in [-0.3, -0.25) is 9.89 Å². The van der Waals surface area contributed by atoms with Crippen LogP contribution in [0, 0.1) is 20.8 Å². The Morgan fingerprint density at radius 3 is 2.71 bits per heavy atom. The Morgan fingerprint density at radius 2 is 2.10 bits per heavy atom. The summed E-state index contributed by atoms with van der Waals surface area (Å²) < 4.78 is 0. The number of H-pyrrole nitrogens is 1. The lowest BCUT2D eigenvalue weighted by Crippen LogP contribution is -2.25. The molecule has 2 heterocycles. The predicted octanol–water partition coefficient (Wildman–Crippen LogP) is 2.72. The molecule has 0 bridgehead atoms. The van der Waals surface area contributed by atoms with Crippen LogP contribution < -0.4 is 5.32 Å². The fraction of sp³-hybridized carbons (Fsp3) is 0.533. The number of carbonyl (C=O) groups excluding carboxylic acids is 1. The average Bonchev–Trinajstić information content (AvgIpc) is 2.99. The summed E-state index contributed by atoms with van der Waals surface area (Å²) in [7, 11) is 0. The molecule has 0 fully saturated rings. The number of aryl methyl sites for hydroxylation is 4. The Hall–Kier alpha value is -1.69. The Kier molecular flexibility index (Phi) is 5.12. The van der Waals surface area contributed by atoms with Crippen LogP contribution in [-0.4, -0.2) is 27.6 Å². The predicted molar refractivity (Wildman–Crippen MR) is 84.9 cm³/mol. The lowest BCUT2D eigenvalue weighted by Gasteiger charge is -2.05. The van der Waals surface area contributed by atoms with Gasteiger partial charge in [0.2, 0.25) is 0 Å². The smallest absolute Gasteiger partial charge is 0.263 e. The summed E-state index contributed by atoms with van der Waals surface area (Å²) >= 11 is 1.47. The molecule has 114 valence electrons. The lowest BCUT2D eigenvalue weighted by molar-refractivity contribution is 0.0956. The molecule has 0 unspecified atom stereocenters. The van der Waals surface area contributed by atoms with Gasteiger partial charge in [-0.25, -0.2) is 4.98 Å². The fourth-order valence-electron chi connectivity index (χ4n) is 2.38. The molecular weight excluding hydrogens is 284 g/mol. The van der Waals surface area contributed by atoms with Gasteiger partial charge >= 0.3 is 0 Å². The molecule has 2 N–H and O–H groups in total. The van der Waals surface area contributed by atoms with Crippen LogP contribution in [-0.2, 0) is 12.8 Å². The first-order valence-electron chi connectivity index (χ1n) is 7.27.